The molecule has 10 heteroatoms. The zero-order valence-electron chi connectivity index (χ0n) is 11.2. The van der Waals surface area contributed by atoms with Crippen molar-refractivity contribution in [2.24, 2.45) is 0 Å². The van der Waals surface area contributed by atoms with Crippen LogP contribution in [0.2, 0.25) is 0 Å². The minimum atomic E-state index is -4.44. The number of likely N-dealkylation sites (tertiary alicyclic amines) is 1. The fourth-order valence-electron chi connectivity index (χ4n) is 2.23. The number of quaternary nitrogens is 1. The number of hydrogen-bond donors (Lipinski definition) is 2. The van der Waals surface area contributed by atoms with Crippen LogP contribution in [0.25, 0.3) is 0 Å². The molecule has 22 heavy (non-hydrogen) atoms. The molecule has 1 fully saturated rings. The standard InChI is InChI=1S/C12H12BrNO7S/c13-8-3-5-9(6-4-8)22(19,20)21-12(17)14(18)7-1-2-10(14)11(15)16/h3-6,10,18H,1-2,7H2/p+1/t10?,14-/m1/s1. The average Bonchev–Trinajstić information content (AvgIpc) is 2.82. The molecule has 1 amide bonds. The van der Waals surface area contributed by atoms with Crippen LogP contribution in [0, 0.1) is 0 Å². The second-order valence-electron chi connectivity index (χ2n) is 4.80. The Morgan fingerprint density at radius 3 is 2.41 bits per heavy atom. The Bertz CT molecular complexity index is 703. The molecule has 0 radical (unpaired) electrons. The number of carbonyl (C=O) groups excluding carboxylic acids is 1. The Balaban J connectivity index is 2.24. The summed E-state index contributed by atoms with van der Waals surface area (Å²) >= 11 is 3.14. The molecule has 0 aromatic heterocycles. The Morgan fingerprint density at radius 2 is 1.86 bits per heavy atom. The lowest BCUT2D eigenvalue weighted by Gasteiger charge is -2.24. The molecule has 1 heterocycles. The van der Waals surface area contributed by atoms with Crippen LogP contribution in [0.1, 0.15) is 12.8 Å². The minimum absolute atomic E-state index is 0.0548. The number of carbonyl (C=O) groups is 2. The molecule has 0 spiro atoms. The number of amides is 1. The number of aliphatic carboxylic acids is 1. The van der Waals surface area contributed by atoms with Crippen molar-refractivity contribution in [3.8, 4) is 0 Å². The largest absolute Gasteiger partial charge is 0.566 e. The SMILES string of the molecule is O=C(O)C1CCC[N@+]1(O)C(=O)OS(=O)(=O)c1ccc(Br)cc1. The maximum atomic E-state index is 12.0. The molecular formula is C12H13BrNO7S+. The first-order valence-corrected chi connectivity index (χ1v) is 8.45. The minimum Gasteiger partial charge on any atom is -0.477 e. The summed E-state index contributed by atoms with van der Waals surface area (Å²) < 4.78 is 27.5. The highest BCUT2D eigenvalue weighted by atomic mass is 79.9. The lowest BCUT2D eigenvalue weighted by molar-refractivity contribution is -1.04. The number of carboxylic acids is 1. The van der Waals surface area contributed by atoms with Crippen LogP contribution in [0.5, 0.6) is 0 Å². The molecule has 0 aliphatic carbocycles. The summed E-state index contributed by atoms with van der Waals surface area (Å²) in [7, 11) is -4.44. The van der Waals surface area contributed by atoms with Crippen molar-refractivity contribution in [2.75, 3.05) is 6.54 Å². The van der Waals surface area contributed by atoms with E-state index in [1.807, 2.05) is 0 Å². The highest BCUT2D eigenvalue weighted by Crippen LogP contribution is 2.28. The first kappa shape index (κ1) is 16.9. The summed E-state index contributed by atoms with van der Waals surface area (Å²) in [6, 6.07) is 3.88. The van der Waals surface area contributed by atoms with E-state index >= 15 is 0 Å². The van der Waals surface area contributed by atoms with Crippen LogP contribution in [-0.2, 0) is 19.1 Å². The molecule has 1 aromatic carbocycles. The van der Waals surface area contributed by atoms with E-state index in [0.29, 0.717) is 4.47 Å². The average molecular weight is 395 g/mol. The van der Waals surface area contributed by atoms with Crippen molar-refractivity contribution < 1.29 is 37.2 Å². The van der Waals surface area contributed by atoms with Crippen LogP contribution >= 0.6 is 15.9 Å². The molecule has 2 atom stereocenters. The fraction of sp³-hybridized carbons (Fsp3) is 0.333. The van der Waals surface area contributed by atoms with Gasteiger partial charge in [0.1, 0.15) is 11.4 Å². The first-order chi connectivity index (χ1) is 10.2. The zero-order chi connectivity index (χ0) is 16.5. The number of halogens is 1. The van der Waals surface area contributed by atoms with Crippen molar-refractivity contribution in [3.63, 3.8) is 0 Å². The van der Waals surface area contributed by atoms with Gasteiger partial charge in [0.25, 0.3) is 0 Å². The molecule has 2 N–H and O–H groups in total. The van der Waals surface area contributed by atoms with Crippen molar-refractivity contribution in [1.82, 2.24) is 0 Å². The van der Waals surface area contributed by atoms with Crippen molar-refractivity contribution in [2.45, 2.75) is 23.8 Å². The van der Waals surface area contributed by atoms with Gasteiger partial charge in [-0.3, -0.25) is 4.18 Å². The third kappa shape index (κ3) is 3.14. The van der Waals surface area contributed by atoms with E-state index in [0.717, 1.165) is 0 Å². The van der Waals surface area contributed by atoms with E-state index in [2.05, 4.69) is 20.1 Å². The predicted molar refractivity (Wildman–Crippen MR) is 75.4 cm³/mol. The summed E-state index contributed by atoms with van der Waals surface area (Å²) in [5.41, 5.74) is 0. The smallest absolute Gasteiger partial charge is 0.477 e. The molecule has 1 aliphatic rings. The van der Waals surface area contributed by atoms with Gasteiger partial charge in [-0.25, -0.2) is 10.0 Å². The Hall–Kier alpha value is -1.49. The van der Waals surface area contributed by atoms with Gasteiger partial charge < -0.3 is 5.11 Å². The molecule has 8 nitrogen and oxygen atoms in total. The van der Waals surface area contributed by atoms with E-state index < -0.39 is 32.9 Å². The normalized spacial score (nSPS) is 24.9. The second-order valence-corrected chi connectivity index (χ2v) is 7.27. The second kappa shape index (κ2) is 5.95. The number of carboxylic acid groups (broad SMARTS) is 1. The molecule has 2 rings (SSSR count). The van der Waals surface area contributed by atoms with Gasteiger partial charge in [0.2, 0.25) is 6.04 Å². The molecule has 1 unspecified atom stereocenters. The van der Waals surface area contributed by atoms with Gasteiger partial charge in [-0.15, -0.1) is 0 Å². The zero-order valence-corrected chi connectivity index (χ0v) is 13.6. The fourth-order valence-corrected chi connectivity index (χ4v) is 3.37. The van der Waals surface area contributed by atoms with Crippen LogP contribution in [0.4, 0.5) is 4.79 Å². The van der Waals surface area contributed by atoms with Crippen LogP contribution in [0.15, 0.2) is 33.6 Å². The molecule has 0 saturated carbocycles. The summed E-state index contributed by atoms with van der Waals surface area (Å²) in [5, 5.41) is 19.2. The van der Waals surface area contributed by atoms with E-state index in [1.165, 1.54) is 24.3 Å². The van der Waals surface area contributed by atoms with Crippen LogP contribution in [0.3, 0.4) is 0 Å². The summed E-state index contributed by atoms with van der Waals surface area (Å²) in [4.78, 5) is 22.8. The monoisotopic (exact) mass is 394 g/mol. The maximum Gasteiger partial charge on any atom is 0.566 e. The first-order valence-electron chi connectivity index (χ1n) is 6.25. The van der Waals surface area contributed by atoms with Gasteiger partial charge >= 0.3 is 22.2 Å². The number of nitrogens with zero attached hydrogens (tertiary/aromatic N) is 1. The number of hydrogen-bond acceptors (Lipinski definition) is 6. The lowest BCUT2D eigenvalue weighted by Crippen LogP contribution is -2.56. The molecule has 120 valence electrons. The Labute approximate surface area is 134 Å². The van der Waals surface area contributed by atoms with E-state index in [-0.39, 0.29) is 24.3 Å². The summed E-state index contributed by atoms with van der Waals surface area (Å²) in [6.45, 7) is -0.217. The number of hydroxylamine groups is 3. The molecule has 1 saturated heterocycles. The highest BCUT2D eigenvalue weighted by molar-refractivity contribution is 9.10. The topological polar surface area (TPSA) is 118 Å². The number of rotatable bonds is 3. The molecule has 1 aliphatic heterocycles. The van der Waals surface area contributed by atoms with E-state index in [1.54, 1.807) is 0 Å². The summed E-state index contributed by atoms with van der Waals surface area (Å²) in [6.07, 6.45) is -1.20. The van der Waals surface area contributed by atoms with E-state index in [9.17, 15) is 23.2 Å². The van der Waals surface area contributed by atoms with Crippen LogP contribution in [-0.4, -0.2) is 48.0 Å². The Morgan fingerprint density at radius 1 is 1.27 bits per heavy atom. The number of benzene rings is 1. The quantitative estimate of drug-likeness (QED) is 0.455. The van der Waals surface area contributed by atoms with Gasteiger partial charge in [0, 0.05) is 17.3 Å². The predicted octanol–water partition coefficient (Wildman–Crippen LogP) is 1.73. The maximum absolute atomic E-state index is 12.0. The van der Waals surface area contributed by atoms with Crippen LogP contribution < -0.4 is 0 Å². The van der Waals surface area contributed by atoms with Crippen molar-refractivity contribution in [3.05, 3.63) is 28.7 Å². The van der Waals surface area contributed by atoms with Gasteiger partial charge in [-0.2, -0.15) is 13.2 Å². The molecule has 1 aromatic rings. The van der Waals surface area contributed by atoms with Gasteiger partial charge in [0.05, 0.1) is 0 Å². The highest BCUT2D eigenvalue weighted by Gasteiger charge is 2.55. The van der Waals surface area contributed by atoms with E-state index in [4.69, 9.17) is 5.11 Å². The van der Waals surface area contributed by atoms with Crippen molar-refractivity contribution >= 4 is 38.1 Å². The Kier molecular flexibility index (Phi) is 4.57. The molecule has 0 bridgehead atoms. The summed E-state index contributed by atoms with van der Waals surface area (Å²) in [5.74, 6) is -1.39. The van der Waals surface area contributed by atoms with Gasteiger partial charge in [-0.05, 0) is 24.3 Å². The third-order valence-electron chi connectivity index (χ3n) is 3.38. The van der Waals surface area contributed by atoms with Gasteiger partial charge in [-0.1, -0.05) is 20.6 Å². The third-order valence-corrected chi connectivity index (χ3v) is 5.12. The van der Waals surface area contributed by atoms with Crippen molar-refractivity contribution in [1.29, 1.82) is 0 Å². The lowest BCUT2D eigenvalue weighted by atomic mass is 10.2. The van der Waals surface area contributed by atoms with Gasteiger partial charge in [0.15, 0.2) is 0 Å². The molecular weight excluding hydrogens is 382 g/mol.